The summed E-state index contributed by atoms with van der Waals surface area (Å²) < 4.78 is 0. The molecule has 0 aromatic heterocycles. The first-order chi connectivity index (χ1) is 13.3. The van der Waals surface area contributed by atoms with Gasteiger partial charge >= 0.3 is 0 Å². The summed E-state index contributed by atoms with van der Waals surface area (Å²) in [4.78, 5) is 50.3. The number of hydrogen-bond acceptors (Lipinski definition) is 4. The van der Waals surface area contributed by atoms with Crippen LogP contribution in [0.3, 0.4) is 0 Å². The van der Waals surface area contributed by atoms with Gasteiger partial charge in [0.25, 0.3) is 11.8 Å². The molecule has 2 atom stereocenters. The third-order valence-electron chi connectivity index (χ3n) is 4.41. The summed E-state index contributed by atoms with van der Waals surface area (Å²) in [5, 5.41) is 2.68. The normalized spacial score (nSPS) is 16.2. The molecule has 1 heterocycles. The molecule has 0 saturated heterocycles. The predicted octanol–water partition coefficient (Wildman–Crippen LogP) is 1.81. The van der Waals surface area contributed by atoms with Crippen molar-refractivity contribution >= 4 is 23.6 Å². The lowest BCUT2D eigenvalue weighted by molar-refractivity contribution is -0.137. The Morgan fingerprint density at radius 1 is 1.07 bits per heavy atom. The number of carbonyl (C=O) groups is 4. The van der Waals surface area contributed by atoms with Crippen LogP contribution in [-0.2, 0) is 19.2 Å². The van der Waals surface area contributed by atoms with Crippen molar-refractivity contribution in [3.05, 3.63) is 36.5 Å². The number of rotatable bonds is 11. The van der Waals surface area contributed by atoms with E-state index in [2.05, 4.69) is 18.3 Å². The molecule has 0 radical (unpaired) electrons. The van der Waals surface area contributed by atoms with Crippen LogP contribution in [0.4, 0.5) is 0 Å². The molecule has 0 bridgehead atoms. The van der Waals surface area contributed by atoms with Crippen LogP contribution in [0.1, 0.15) is 40.5 Å². The standard InChI is InChI=1S/C21H31N3O4/c1-5-7-16(3)15-24(17(4)8-6-2)21(28)11-13-22-18(25)12-14-23-19(26)9-10-20(23)27/h5-10,16-17H,11-15H2,1-4H3,(H,22,25). The lowest BCUT2D eigenvalue weighted by Crippen LogP contribution is -2.42. The average molecular weight is 389 g/mol. The second-order valence-corrected chi connectivity index (χ2v) is 6.83. The van der Waals surface area contributed by atoms with Crippen molar-refractivity contribution in [2.45, 2.75) is 46.6 Å². The maximum absolute atomic E-state index is 12.6. The van der Waals surface area contributed by atoms with Gasteiger partial charge in [-0.25, -0.2) is 0 Å². The largest absolute Gasteiger partial charge is 0.356 e. The molecule has 4 amide bonds. The van der Waals surface area contributed by atoms with Crippen LogP contribution in [0, 0.1) is 5.92 Å². The highest BCUT2D eigenvalue weighted by Gasteiger charge is 2.24. The summed E-state index contributed by atoms with van der Waals surface area (Å²) >= 11 is 0. The zero-order chi connectivity index (χ0) is 21.1. The molecule has 2 unspecified atom stereocenters. The van der Waals surface area contributed by atoms with Crippen molar-refractivity contribution in [2.75, 3.05) is 19.6 Å². The average Bonchev–Trinajstić information content (AvgIpc) is 2.96. The Kier molecular flexibility index (Phi) is 9.92. The van der Waals surface area contributed by atoms with E-state index in [1.165, 1.54) is 12.2 Å². The van der Waals surface area contributed by atoms with Crippen LogP contribution < -0.4 is 5.32 Å². The molecule has 0 saturated carbocycles. The van der Waals surface area contributed by atoms with Crippen LogP contribution in [0.2, 0.25) is 0 Å². The Labute approximate surface area is 167 Å². The Bertz CT molecular complexity index is 649. The van der Waals surface area contributed by atoms with Gasteiger partial charge < -0.3 is 10.2 Å². The quantitative estimate of drug-likeness (QED) is 0.431. The molecule has 0 aromatic rings. The van der Waals surface area contributed by atoms with Gasteiger partial charge in [-0.15, -0.1) is 0 Å². The number of nitrogens with zero attached hydrogens (tertiary/aromatic N) is 2. The third-order valence-corrected chi connectivity index (χ3v) is 4.41. The van der Waals surface area contributed by atoms with Crippen LogP contribution in [0.15, 0.2) is 36.5 Å². The molecule has 7 nitrogen and oxygen atoms in total. The Hall–Kier alpha value is -2.70. The van der Waals surface area contributed by atoms with E-state index in [4.69, 9.17) is 0 Å². The fourth-order valence-electron chi connectivity index (χ4n) is 2.98. The summed E-state index contributed by atoms with van der Waals surface area (Å²) in [6.07, 6.45) is 10.5. The molecular weight excluding hydrogens is 358 g/mol. The highest BCUT2D eigenvalue weighted by Crippen LogP contribution is 2.10. The number of allylic oxidation sites excluding steroid dienone is 2. The topological polar surface area (TPSA) is 86.8 Å². The van der Waals surface area contributed by atoms with Gasteiger partial charge in [0.05, 0.1) is 0 Å². The van der Waals surface area contributed by atoms with Crippen LogP contribution in [0.5, 0.6) is 0 Å². The van der Waals surface area contributed by atoms with Crippen molar-refractivity contribution < 1.29 is 19.2 Å². The van der Waals surface area contributed by atoms with E-state index in [1.807, 2.05) is 43.9 Å². The fraction of sp³-hybridized carbons (Fsp3) is 0.524. The highest BCUT2D eigenvalue weighted by atomic mass is 16.2. The first-order valence-corrected chi connectivity index (χ1v) is 9.65. The number of carbonyl (C=O) groups excluding carboxylic acids is 4. The van der Waals surface area contributed by atoms with Gasteiger partial charge in [-0.2, -0.15) is 0 Å². The van der Waals surface area contributed by atoms with Gasteiger partial charge in [-0.05, 0) is 26.7 Å². The smallest absolute Gasteiger partial charge is 0.253 e. The lowest BCUT2D eigenvalue weighted by atomic mass is 10.1. The molecule has 0 spiro atoms. The third kappa shape index (κ3) is 7.50. The van der Waals surface area contributed by atoms with Gasteiger partial charge in [0.15, 0.2) is 0 Å². The Morgan fingerprint density at radius 3 is 2.25 bits per heavy atom. The van der Waals surface area contributed by atoms with E-state index in [1.54, 1.807) is 0 Å². The molecule has 0 aliphatic carbocycles. The number of amides is 4. The number of hydrogen-bond donors (Lipinski definition) is 1. The Balaban J connectivity index is 2.46. The first kappa shape index (κ1) is 23.3. The summed E-state index contributed by atoms with van der Waals surface area (Å²) in [6, 6.07) is -0.0272. The SMILES string of the molecule is CC=CC(C)CN(C(=O)CCNC(=O)CCN1C(=O)C=CC1=O)C(C)C=CC. The van der Waals surface area contributed by atoms with E-state index < -0.39 is 11.8 Å². The molecule has 1 aliphatic heterocycles. The molecule has 0 aromatic carbocycles. The number of imide groups is 1. The van der Waals surface area contributed by atoms with E-state index in [-0.39, 0.29) is 49.7 Å². The minimum absolute atomic E-state index is 0.0182. The molecule has 154 valence electrons. The fourth-order valence-corrected chi connectivity index (χ4v) is 2.98. The first-order valence-electron chi connectivity index (χ1n) is 9.65. The molecule has 28 heavy (non-hydrogen) atoms. The Morgan fingerprint density at radius 2 is 1.68 bits per heavy atom. The van der Waals surface area contributed by atoms with E-state index in [9.17, 15) is 19.2 Å². The molecule has 1 aliphatic rings. The summed E-state index contributed by atoms with van der Waals surface area (Å²) in [6.45, 7) is 8.75. The summed E-state index contributed by atoms with van der Waals surface area (Å²) in [5.74, 6) is -0.902. The van der Waals surface area contributed by atoms with Gasteiger partial charge in [0.2, 0.25) is 11.8 Å². The molecule has 1 N–H and O–H groups in total. The minimum Gasteiger partial charge on any atom is -0.356 e. The monoisotopic (exact) mass is 389 g/mol. The molecular formula is C21H31N3O4. The molecule has 0 fully saturated rings. The van der Waals surface area contributed by atoms with Gasteiger partial charge in [0.1, 0.15) is 0 Å². The van der Waals surface area contributed by atoms with Crippen LogP contribution >= 0.6 is 0 Å². The number of nitrogens with one attached hydrogen (secondary N) is 1. The maximum Gasteiger partial charge on any atom is 0.253 e. The van der Waals surface area contributed by atoms with Crippen molar-refractivity contribution in [1.29, 1.82) is 0 Å². The van der Waals surface area contributed by atoms with Gasteiger partial charge in [-0.3, -0.25) is 24.1 Å². The van der Waals surface area contributed by atoms with Gasteiger partial charge in [-0.1, -0.05) is 31.2 Å². The predicted molar refractivity (Wildman–Crippen MR) is 108 cm³/mol. The highest BCUT2D eigenvalue weighted by molar-refractivity contribution is 6.13. The zero-order valence-corrected chi connectivity index (χ0v) is 17.2. The van der Waals surface area contributed by atoms with E-state index >= 15 is 0 Å². The van der Waals surface area contributed by atoms with Gasteiger partial charge in [0, 0.05) is 50.7 Å². The molecule has 1 rings (SSSR count). The summed E-state index contributed by atoms with van der Waals surface area (Å²) in [7, 11) is 0. The second kappa shape index (κ2) is 11.9. The summed E-state index contributed by atoms with van der Waals surface area (Å²) in [5.41, 5.74) is 0. The second-order valence-electron chi connectivity index (χ2n) is 6.83. The maximum atomic E-state index is 12.6. The van der Waals surface area contributed by atoms with Crippen molar-refractivity contribution in [1.82, 2.24) is 15.1 Å². The molecule has 7 heteroatoms. The van der Waals surface area contributed by atoms with Crippen LogP contribution in [0.25, 0.3) is 0 Å². The van der Waals surface area contributed by atoms with E-state index in [0.717, 1.165) is 4.90 Å². The minimum atomic E-state index is -0.406. The lowest BCUT2D eigenvalue weighted by Gasteiger charge is -2.29. The van der Waals surface area contributed by atoms with Crippen molar-refractivity contribution in [3.63, 3.8) is 0 Å². The van der Waals surface area contributed by atoms with E-state index in [0.29, 0.717) is 6.54 Å². The van der Waals surface area contributed by atoms with Crippen molar-refractivity contribution in [2.24, 2.45) is 5.92 Å². The van der Waals surface area contributed by atoms with Crippen LogP contribution in [-0.4, -0.2) is 59.1 Å². The zero-order valence-electron chi connectivity index (χ0n) is 17.2. The van der Waals surface area contributed by atoms with Crippen molar-refractivity contribution in [3.8, 4) is 0 Å².